The van der Waals surface area contributed by atoms with E-state index in [1.807, 2.05) is 0 Å². The number of carbonyl (C=O) groups excluding carboxylic acids is 2. The molecule has 5 aliphatic carbocycles. The van der Waals surface area contributed by atoms with Crippen LogP contribution in [0.3, 0.4) is 0 Å². The van der Waals surface area contributed by atoms with Crippen LogP contribution in [0.15, 0.2) is 35.4 Å². The third-order valence-corrected chi connectivity index (χ3v) is 14.9. The lowest BCUT2D eigenvalue weighted by Gasteiger charge is -2.72. The molecule has 0 saturated heterocycles. The fourth-order valence-corrected chi connectivity index (χ4v) is 12.6. The monoisotopic (exact) mass is 571 g/mol. The highest BCUT2D eigenvalue weighted by atomic mass is 16.3. The first-order chi connectivity index (χ1) is 19.7. The van der Waals surface area contributed by atoms with Crippen molar-refractivity contribution in [3.05, 3.63) is 46.5 Å². The van der Waals surface area contributed by atoms with Crippen molar-refractivity contribution < 1.29 is 14.7 Å². The van der Waals surface area contributed by atoms with Gasteiger partial charge >= 0.3 is 0 Å². The Morgan fingerprint density at radius 2 is 1.52 bits per heavy atom. The molecule has 228 valence electrons. The lowest BCUT2D eigenvalue weighted by atomic mass is 9.33. The Morgan fingerprint density at radius 1 is 0.857 bits per heavy atom. The van der Waals surface area contributed by atoms with Gasteiger partial charge in [-0.05, 0) is 119 Å². The minimum atomic E-state index is -0.663. The first kappa shape index (κ1) is 28.8. The van der Waals surface area contributed by atoms with E-state index in [0.717, 1.165) is 37.7 Å². The minimum absolute atomic E-state index is 0.0568. The van der Waals surface area contributed by atoms with Gasteiger partial charge < -0.3 is 10.0 Å². The van der Waals surface area contributed by atoms with Gasteiger partial charge in [0.1, 0.15) is 0 Å². The van der Waals surface area contributed by atoms with Crippen LogP contribution in [0, 0.1) is 50.7 Å². The molecule has 0 aromatic heterocycles. The van der Waals surface area contributed by atoms with Crippen molar-refractivity contribution in [3.8, 4) is 0 Å². The van der Waals surface area contributed by atoms with E-state index < -0.39 is 5.41 Å². The summed E-state index contributed by atoms with van der Waals surface area (Å²) < 4.78 is 0. The Kier molecular flexibility index (Phi) is 6.21. The quantitative estimate of drug-likeness (QED) is 0.393. The van der Waals surface area contributed by atoms with Crippen LogP contribution in [0.4, 0.5) is 0 Å². The third-order valence-electron chi connectivity index (χ3n) is 14.9. The molecule has 1 aliphatic heterocycles. The first-order valence-corrected chi connectivity index (χ1v) is 17.0. The Morgan fingerprint density at radius 3 is 2.17 bits per heavy atom. The zero-order chi connectivity index (χ0) is 30.0. The number of rotatable bonds is 2. The molecule has 1 aromatic rings. The molecule has 42 heavy (non-hydrogen) atoms. The fourth-order valence-electron chi connectivity index (χ4n) is 12.6. The molecule has 4 saturated carbocycles. The number of nitrogens with zero attached hydrogens (tertiary/aromatic N) is 1. The number of ketones is 1. The van der Waals surface area contributed by atoms with Crippen LogP contribution in [0.2, 0.25) is 0 Å². The molecule has 6 aliphatic rings. The molecule has 8 atom stereocenters. The van der Waals surface area contributed by atoms with Crippen molar-refractivity contribution >= 4 is 11.7 Å². The number of aliphatic hydroxyl groups is 1. The normalized spacial score (nSPS) is 43.9. The Bertz CT molecular complexity index is 1350. The van der Waals surface area contributed by atoms with Crippen LogP contribution in [0.25, 0.3) is 0 Å². The number of hydrogen-bond acceptors (Lipinski definition) is 3. The van der Waals surface area contributed by atoms with Gasteiger partial charge in [-0.15, -0.1) is 0 Å². The van der Waals surface area contributed by atoms with Gasteiger partial charge in [0, 0.05) is 19.5 Å². The van der Waals surface area contributed by atoms with Crippen molar-refractivity contribution in [3.63, 3.8) is 0 Å². The van der Waals surface area contributed by atoms with E-state index in [9.17, 15) is 14.7 Å². The molecular weight excluding hydrogens is 518 g/mol. The number of carbonyl (C=O) groups is 2. The van der Waals surface area contributed by atoms with Gasteiger partial charge in [0.2, 0.25) is 5.91 Å². The van der Waals surface area contributed by atoms with Crippen molar-refractivity contribution in [2.45, 2.75) is 125 Å². The second-order valence-corrected chi connectivity index (χ2v) is 17.1. The SMILES string of the molecule is CC(C)C1=C2C3CCC4[C@@]5(C)CC[C@H](O)C(C)(C)C5CC[C@@]4(C)[C@]3(C)CC[C@@]2(C(=O)N2Cc3ccccc3C2)CC1=O. The number of benzene rings is 1. The average Bonchev–Trinajstić information content (AvgIpc) is 3.50. The number of amides is 1. The molecule has 4 nitrogen and oxygen atoms in total. The van der Waals surface area contributed by atoms with Crippen molar-refractivity contribution in [2.75, 3.05) is 0 Å². The molecule has 1 N–H and O–H groups in total. The van der Waals surface area contributed by atoms with E-state index in [1.54, 1.807) is 0 Å². The lowest BCUT2D eigenvalue weighted by molar-refractivity contribution is -0.228. The molecule has 4 fully saturated rings. The number of aliphatic hydroxyl groups excluding tert-OH is 1. The van der Waals surface area contributed by atoms with Crippen LogP contribution in [0.1, 0.15) is 117 Å². The summed E-state index contributed by atoms with van der Waals surface area (Å²) >= 11 is 0. The standard InChI is InChI=1S/C38H53NO3/c1-23(2)31-27(40)20-38(33(42)39-21-24-10-8-9-11-25(24)22-39)19-18-36(6)26(32(31)38)12-13-29-35(5)16-15-30(41)34(3,4)28(35)14-17-37(29,36)7/h8-11,23,26,28-30,41H,12-22H2,1-7H3/t26?,28?,29?,30-,35-,36+,37+,38+/m0/s1. The van der Waals surface area contributed by atoms with Gasteiger partial charge in [-0.25, -0.2) is 0 Å². The summed E-state index contributed by atoms with van der Waals surface area (Å²) in [6.07, 6.45) is 8.59. The molecule has 0 spiro atoms. The van der Waals surface area contributed by atoms with Gasteiger partial charge in [0.25, 0.3) is 0 Å². The van der Waals surface area contributed by atoms with Crippen molar-refractivity contribution in [1.82, 2.24) is 4.90 Å². The van der Waals surface area contributed by atoms with Crippen molar-refractivity contribution in [2.24, 2.45) is 50.7 Å². The van der Waals surface area contributed by atoms with Crippen LogP contribution in [0.5, 0.6) is 0 Å². The van der Waals surface area contributed by atoms with Crippen LogP contribution < -0.4 is 0 Å². The maximum absolute atomic E-state index is 14.8. The predicted octanol–water partition coefficient (Wildman–Crippen LogP) is 7.87. The molecule has 1 heterocycles. The van der Waals surface area contributed by atoms with Gasteiger partial charge in [-0.3, -0.25) is 9.59 Å². The highest BCUT2D eigenvalue weighted by Crippen LogP contribution is 2.76. The largest absolute Gasteiger partial charge is 0.393 e. The zero-order valence-corrected chi connectivity index (χ0v) is 27.2. The summed E-state index contributed by atoms with van der Waals surface area (Å²) in [5.41, 5.74) is 4.48. The summed E-state index contributed by atoms with van der Waals surface area (Å²) in [6, 6.07) is 8.44. The summed E-state index contributed by atoms with van der Waals surface area (Å²) in [5, 5.41) is 11.1. The second kappa shape index (κ2) is 9.05. The maximum Gasteiger partial charge on any atom is 0.233 e. The van der Waals surface area contributed by atoms with Crippen LogP contribution >= 0.6 is 0 Å². The first-order valence-electron chi connectivity index (χ1n) is 17.0. The molecule has 4 heteroatoms. The van der Waals surface area contributed by atoms with E-state index in [-0.39, 0.29) is 51.3 Å². The molecule has 1 amide bonds. The zero-order valence-electron chi connectivity index (χ0n) is 27.2. The van der Waals surface area contributed by atoms with Gasteiger partial charge in [0.05, 0.1) is 11.5 Å². The fraction of sp³-hybridized carbons (Fsp3) is 0.737. The average molecular weight is 572 g/mol. The minimum Gasteiger partial charge on any atom is -0.393 e. The Balaban J connectivity index is 1.29. The highest BCUT2D eigenvalue weighted by Gasteiger charge is 2.71. The molecule has 0 bridgehead atoms. The number of fused-ring (bicyclic) bond motifs is 8. The number of Topliss-reactive ketones (excluding diaryl/α,β-unsaturated/α-hetero) is 1. The van der Waals surface area contributed by atoms with E-state index in [2.05, 4.69) is 77.6 Å². The second-order valence-electron chi connectivity index (χ2n) is 17.1. The number of hydrogen-bond donors (Lipinski definition) is 1. The van der Waals surface area contributed by atoms with Crippen LogP contribution in [-0.2, 0) is 22.7 Å². The van der Waals surface area contributed by atoms with Gasteiger partial charge in [-0.2, -0.15) is 0 Å². The van der Waals surface area contributed by atoms with Crippen molar-refractivity contribution in [1.29, 1.82) is 0 Å². The predicted molar refractivity (Wildman–Crippen MR) is 166 cm³/mol. The summed E-state index contributed by atoms with van der Waals surface area (Å²) in [4.78, 5) is 30.8. The van der Waals surface area contributed by atoms with E-state index in [4.69, 9.17) is 0 Å². The van der Waals surface area contributed by atoms with E-state index in [1.165, 1.54) is 36.0 Å². The Hall–Kier alpha value is -1.94. The summed E-state index contributed by atoms with van der Waals surface area (Å²) in [5.74, 6) is 2.01. The third kappa shape index (κ3) is 3.45. The topological polar surface area (TPSA) is 57.6 Å². The molecule has 1 aromatic carbocycles. The van der Waals surface area contributed by atoms with Gasteiger partial charge in [0.15, 0.2) is 5.78 Å². The van der Waals surface area contributed by atoms with Gasteiger partial charge in [-0.1, -0.05) is 72.7 Å². The highest BCUT2D eigenvalue weighted by molar-refractivity contribution is 6.07. The van der Waals surface area contributed by atoms with Crippen LogP contribution in [-0.4, -0.2) is 27.8 Å². The summed E-state index contributed by atoms with van der Waals surface area (Å²) in [7, 11) is 0. The molecule has 7 rings (SSSR count). The maximum atomic E-state index is 14.8. The van der Waals surface area contributed by atoms with E-state index >= 15 is 0 Å². The Labute approximate surface area is 253 Å². The molecular formula is C38H53NO3. The molecule has 3 unspecified atom stereocenters. The van der Waals surface area contributed by atoms with E-state index in [0.29, 0.717) is 31.3 Å². The smallest absolute Gasteiger partial charge is 0.233 e. The summed E-state index contributed by atoms with van der Waals surface area (Å²) in [6.45, 7) is 18.0. The lowest BCUT2D eigenvalue weighted by Crippen LogP contribution is -2.66. The number of allylic oxidation sites excluding steroid dienone is 1. The molecule has 0 radical (unpaired) electrons.